The van der Waals surface area contributed by atoms with Gasteiger partial charge >= 0.3 is 0 Å². The van der Waals surface area contributed by atoms with E-state index in [4.69, 9.17) is 21.9 Å². The van der Waals surface area contributed by atoms with Crippen LogP contribution in [0.3, 0.4) is 0 Å². The van der Waals surface area contributed by atoms with E-state index in [1.54, 1.807) is 29.2 Å². The normalized spacial score (nSPS) is 15.7. The second-order valence-corrected chi connectivity index (χ2v) is 6.62. The van der Waals surface area contributed by atoms with Gasteiger partial charge in [0.15, 0.2) is 0 Å². The highest BCUT2D eigenvalue weighted by molar-refractivity contribution is 6.05. The number of rotatable bonds is 5. The van der Waals surface area contributed by atoms with Gasteiger partial charge in [-0.05, 0) is 43.7 Å². The monoisotopic (exact) mass is 366 g/mol. The molecule has 2 aromatic carbocycles. The number of benzene rings is 2. The Labute approximate surface area is 157 Å². The maximum Gasteiger partial charge on any atom is 0.248 e. The van der Waals surface area contributed by atoms with E-state index in [9.17, 15) is 4.79 Å². The number of nitrogens with zero attached hydrogens (tertiary/aromatic N) is 3. The Bertz CT molecular complexity index is 918. The van der Waals surface area contributed by atoms with Crippen LogP contribution in [0.5, 0.6) is 5.75 Å². The molecule has 1 amide bonds. The largest absolute Gasteiger partial charge is 0.489 e. The molecule has 27 heavy (non-hydrogen) atoms. The van der Waals surface area contributed by atoms with Crippen molar-refractivity contribution in [3.05, 3.63) is 59.7 Å². The van der Waals surface area contributed by atoms with Crippen molar-refractivity contribution >= 4 is 23.5 Å². The lowest BCUT2D eigenvalue weighted by atomic mass is 10.1. The summed E-state index contributed by atoms with van der Waals surface area (Å²) in [4.78, 5) is 21.3. The second-order valence-electron chi connectivity index (χ2n) is 6.62. The molecule has 0 aliphatic carbocycles. The summed E-state index contributed by atoms with van der Waals surface area (Å²) >= 11 is 0. The fourth-order valence-corrected chi connectivity index (χ4v) is 2.90. The average Bonchev–Trinajstić information content (AvgIpc) is 2.59. The van der Waals surface area contributed by atoms with Crippen molar-refractivity contribution in [3.8, 4) is 5.75 Å². The van der Waals surface area contributed by atoms with Crippen LogP contribution < -0.4 is 26.8 Å². The van der Waals surface area contributed by atoms with Crippen LogP contribution in [0.2, 0.25) is 0 Å². The van der Waals surface area contributed by atoms with E-state index in [-0.39, 0.29) is 11.9 Å². The lowest BCUT2D eigenvalue weighted by molar-refractivity contribution is 0.1000. The molecule has 0 spiro atoms. The molecule has 1 aliphatic rings. The Morgan fingerprint density at radius 2 is 1.85 bits per heavy atom. The number of ether oxygens (including phenoxy) is 1. The fraction of sp³-hybridized carbons (Fsp3) is 0.211. The number of carbonyl (C=O) groups excluding carboxylic acids is 1. The zero-order chi connectivity index (χ0) is 19.6. The molecule has 0 atom stereocenters. The number of primary amides is 1. The van der Waals surface area contributed by atoms with Gasteiger partial charge in [-0.1, -0.05) is 18.2 Å². The Balaban J connectivity index is 1.76. The second kappa shape index (κ2) is 6.99. The van der Waals surface area contributed by atoms with Crippen LogP contribution in [0, 0.1) is 0 Å². The number of hydrogen-bond donors (Lipinski definition) is 3. The van der Waals surface area contributed by atoms with Crippen molar-refractivity contribution < 1.29 is 9.53 Å². The number of aliphatic imine (C=N–C) groups is 2. The van der Waals surface area contributed by atoms with Gasteiger partial charge in [0.2, 0.25) is 17.8 Å². The Morgan fingerprint density at radius 1 is 1.15 bits per heavy atom. The zero-order valence-electron chi connectivity index (χ0n) is 15.2. The molecule has 6 N–H and O–H groups in total. The molecule has 1 aliphatic heterocycles. The van der Waals surface area contributed by atoms with Gasteiger partial charge in [0.05, 0.1) is 0 Å². The van der Waals surface area contributed by atoms with E-state index in [1.807, 2.05) is 38.1 Å². The zero-order valence-corrected chi connectivity index (χ0v) is 15.2. The maximum absolute atomic E-state index is 11.1. The number of hydrogen-bond acceptors (Lipinski definition) is 7. The summed E-state index contributed by atoms with van der Waals surface area (Å²) in [6, 6.07) is 14.4. The first kappa shape index (κ1) is 18.2. The number of amides is 1. The topological polar surface area (TPSA) is 132 Å². The van der Waals surface area contributed by atoms with E-state index in [2.05, 4.69) is 9.98 Å². The summed E-state index contributed by atoms with van der Waals surface area (Å²) in [6.45, 7) is 4.14. The van der Waals surface area contributed by atoms with Crippen molar-refractivity contribution in [2.45, 2.75) is 26.1 Å². The van der Waals surface area contributed by atoms with E-state index in [0.29, 0.717) is 17.9 Å². The van der Waals surface area contributed by atoms with Gasteiger partial charge in [-0.25, -0.2) is 4.99 Å². The van der Waals surface area contributed by atoms with Crippen molar-refractivity contribution in [2.75, 3.05) is 4.90 Å². The molecule has 3 rings (SSSR count). The molecule has 8 nitrogen and oxygen atoms in total. The van der Waals surface area contributed by atoms with Crippen LogP contribution in [0.25, 0.3) is 0 Å². The van der Waals surface area contributed by atoms with E-state index < -0.39 is 11.6 Å². The Morgan fingerprint density at radius 3 is 2.48 bits per heavy atom. The molecular formula is C19H22N6O2. The molecule has 140 valence electrons. The lowest BCUT2D eigenvalue weighted by Crippen LogP contribution is -2.54. The van der Waals surface area contributed by atoms with Crippen LogP contribution in [0.1, 0.15) is 29.8 Å². The standard InChI is InChI=1S/C19H22N6O2/c1-19(2)24-17(21)23-18(22)25(19)14-4-3-5-15(10-14)27-11-12-6-8-13(9-7-12)16(20)26/h3-10H,11H2,1-2H3,(H2,20,26)(H4,21,22,23,24). The molecule has 0 unspecified atom stereocenters. The molecule has 0 radical (unpaired) electrons. The summed E-state index contributed by atoms with van der Waals surface area (Å²) in [5.41, 5.74) is 18.5. The number of nitrogens with two attached hydrogens (primary N) is 3. The van der Waals surface area contributed by atoms with Crippen LogP contribution >= 0.6 is 0 Å². The average molecular weight is 366 g/mol. The quantitative estimate of drug-likeness (QED) is 0.738. The van der Waals surface area contributed by atoms with E-state index in [1.165, 1.54) is 0 Å². The van der Waals surface area contributed by atoms with Crippen molar-refractivity contribution in [1.29, 1.82) is 0 Å². The van der Waals surface area contributed by atoms with Crippen molar-refractivity contribution in [1.82, 2.24) is 0 Å². The maximum atomic E-state index is 11.1. The first-order chi connectivity index (χ1) is 12.8. The number of anilines is 1. The van der Waals surface area contributed by atoms with Crippen LogP contribution in [-0.2, 0) is 6.61 Å². The predicted octanol–water partition coefficient (Wildman–Crippen LogP) is 1.55. The molecule has 2 aromatic rings. The third kappa shape index (κ3) is 4.00. The molecule has 8 heteroatoms. The SMILES string of the molecule is CC1(C)N=C(N)N=C(N)N1c1cccc(OCc2ccc(C(N)=O)cc2)c1. The lowest BCUT2D eigenvalue weighted by Gasteiger charge is -2.38. The first-order valence-corrected chi connectivity index (χ1v) is 8.37. The van der Waals surface area contributed by atoms with Gasteiger partial charge in [0, 0.05) is 17.3 Å². The number of carbonyl (C=O) groups is 1. The minimum Gasteiger partial charge on any atom is -0.489 e. The van der Waals surface area contributed by atoms with Crippen LogP contribution in [0.15, 0.2) is 58.5 Å². The third-order valence-corrected chi connectivity index (χ3v) is 4.11. The third-order valence-electron chi connectivity index (χ3n) is 4.11. The highest BCUT2D eigenvalue weighted by atomic mass is 16.5. The predicted molar refractivity (Wildman–Crippen MR) is 106 cm³/mol. The fourth-order valence-electron chi connectivity index (χ4n) is 2.90. The van der Waals surface area contributed by atoms with Gasteiger partial charge < -0.3 is 21.9 Å². The van der Waals surface area contributed by atoms with E-state index in [0.717, 1.165) is 11.3 Å². The summed E-state index contributed by atoms with van der Waals surface area (Å²) in [7, 11) is 0. The Hall–Kier alpha value is -3.55. The van der Waals surface area contributed by atoms with Gasteiger partial charge in [-0.15, -0.1) is 0 Å². The highest BCUT2D eigenvalue weighted by Crippen LogP contribution is 2.30. The molecule has 1 heterocycles. The van der Waals surface area contributed by atoms with Gasteiger partial charge in [0.25, 0.3) is 0 Å². The summed E-state index contributed by atoms with van der Waals surface area (Å²) in [5.74, 6) is 0.631. The molecule has 0 aromatic heterocycles. The van der Waals surface area contributed by atoms with Crippen LogP contribution in [-0.4, -0.2) is 23.5 Å². The first-order valence-electron chi connectivity index (χ1n) is 8.37. The van der Waals surface area contributed by atoms with Crippen LogP contribution in [0.4, 0.5) is 5.69 Å². The summed E-state index contributed by atoms with van der Waals surface area (Å²) in [6.07, 6.45) is 0. The van der Waals surface area contributed by atoms with Gasteiger partial charge in [-0.2, -0.15) is 4.99 Å². The summed E-state index contributed by atoms with van der Waals surface area (Å²) < 4.78 is 5.86. The van der Waals surface area contributed by atoms with Gasteiger partial charge in [0.1, 0.15) is 18.0 Å². The van der Waals surface area contributed by atoms with Crippen molar-refractivity contribution in [3.63, 3.8) is 0 Å². The molecule has 0 bridgehead atoms. The molecule has 0 saturated heterocycles. The van der Waals surface area contributed by atoms with E-state index >= 15 is 0 Å². The minimum atomic E-state index is -0.668. The molecular weight excluding hydrogens is 344 g/mol. The molecule has 0 fully saturated rings. The highest BCUT2D eigenvalue weighted by Gasteiger charge is 2.33. The Kier molecular flexibility index (Phi) is 4.72. The summed E-state index contributed by atoms with van der Waals surface area (Å²) in [5, 5.41) is 0. The van der Waals surface area contributed by atoms with Crippen molar-refractivity contribution in [2.24, 2.45) is 27.2 Å². The minimum absolute atomic E-state index is 0.153. The molecule has 0 saturated carbocycles. The smallest absolute Gasteiger partial charge is 0.248 e. The van der Waals surface area contributed by atoms with Gasteiger partial charge in [-0.3, -0.25) is 9.69 Å². The number of guanidine groups is 2.